The number of allylic oxidation sites excluding steroid dienone is 1. The topological polar surface area (TPSA) is 51.0 Å². The Morgan fingerprint density at radius 1 is 1.16 bits per heavy atom. The Labute approximate surface area is 196 Å². The van der Waals surface area contributed by atoms with E-state index in [1.807, 2.05) is 47.4 Å². The van der Waals surface area contributed by atoms with Gasteiger partial charge in [-0.2, -0.15) is 0 Å². The predicted molar refractivity (Wildman–Crippen MR) is 126 cm³/mol. The summed E-state index contributed by atoms with van der Waals surface area (Å²) in [6.45, 7) is 5.14. The zero-order valence-electron chi connectivity index (χ0n) is 16.9. The Hall–Kier alpha value is -2.28. The number of halogens is 2. The maximum atomic E-state index is 13.2. The largest absolute Gasteiger partial charge is 0.328 e. The second kappa shape index (κ2) is 9.90. The van der Waals surface area contributed by atoms with Crippen molar-refractivity contribution in [3.8, 4) is 0 Å². The van der Waals surface area contributed by atoms with E-state index in [0.717, 1.165) is 40.2 Å². The highest BCUT2D eigenvalue weighted by atomic mass is 35.5. The van der Waals surface area contributed by atoms with Gasteiger partial charge in [0, 0.05) is 23.9 Å². The lowest BCUT2D eigenvalue weighted by molar-refractivity contribution is 0.0727. The van der Waals surface area contributed by atoms with Gasteiger partial charge >= 0.3 is 0 Å². The standard InChI is InChI=1S/C23H22Cl2N4OS/c1-2-13-29-21(26-27-23(29)31-15-16-9-11-17(24)12-10-16)20-8-5-14-28(20)22(30)18-6-3-4-7-19(18)25/h2-4,6-7,9-12,20H,1,5,8,13-15H2. The molecule has 0 saturated carbocycles. The molecule has 1 fully saturated rings. The summed E-state index contributed by atoms with van der Waals surface area (Å²) in [7, 11) is 0. The number of hydrogen-bond acceptors (Lipinski definition) is 4. The highest BCUT2D eigenvalue weighted by Gasteiger charge is 2.35. The van der Waals surface area contributed by atoms with E-state index in [0.29, 0.717) is 23.7 Å². The summed E-state index contributed by atoms with van der Waals surface area (Å²) in [4.78, 5) is 15.1. The first kappa shape index (κ1) is 21.9. The SMILES string of the molecule is C=CCn1c(SCc2ccc(Cl)cc2)nnc1C1CCCN1C(=O)c1ccccc1Cl. The van der Waals surface area contributed by atoms with Gasteiger partial charge in [0.1, 0.15) is 0 Å². The van der Waals surface area contributed by atoms with Crippen LogP contribution in [0.2, 0.25) is 10.0 Å². The third-order valence-electron chi connectivity index (χ3n) is 5.25. The van der Waals surface area contributed by atoms with Gasteiger partial charge in [0.2, 0.25) is 0 Å². The number of nitrogens with zero attached hydrogens (tertiary/aromatic N) is 4. The number of carbonyl (C=O) groups is 1. The van der Waals surface area contributed by atoms with E-state index in [4.69, 9.17) is 23.2 Å². The number of thioether (sulfide) groups is 1. The average molecular weight is 473 g/mol. The normalized spacial score (nSPS) is 15.9. The van der Waals surface area contributed by atoms with Crippen LogP contribution in [0.25, 0.3) is 0 Å². The van der Waals surface area contributed by atoms with Crippen molar-refractivity contribution >= 4 is 40.9 Å². The van der Waals surface area contributed by atoms with Crippen LogP contribution in [0.5, 0.6) is 0 Å². The lowest BCUT2D eigenvalue weighted by Gasteiger charge is -2.25. The van der Waals surface area contributed by atoms with Gasteiger partial charge in [0.15, 0.2) is 11.0 Å². The molecule has 31 heavy (non-hydrogen) atoms. The van der Waals surface area contributed by atoms with Crippen molar-refractivity contribution in [2.24, 2.45) is 0 Å². The van der Waals surface area contributed by atoms with E-state index >= 15 is 0 Å². The molecule has 1 unspecified atom stereocenters. The molecule has 1 atom stereocenters. The molecule has 2 heterocycles. The molecular formula is C23H22Cl2N4OS. The molecule has 0 radical (unpaired) electrons. The van der Waals surface area contributed by atoms with Crippen LogP contribution in [0, 0.1) is 0 Å². The second-order valence-electron chi connectivity index (χ2n) is 7.29. The molecule has 0 spiro atoms. The third-order valence-corrected chi connectivity index (χ3v) is 6.87. The molecule has 1 aromatic heterocycles. The maximum absolute atomic E-state index is 13.2. The molecule has 0 aliphatic carbocycles. The van der Waals surface area contributed by atoms with Gasteiger partial charge in [-0.3, -0.25) is 4.79 Å². The Bertz CT molecular complexity index is 1080. The van der Waals surface area contributed by atoms with Gasteiger partial charge in [0.25, 0.3) is 5.91 Å². The molecule has 5 nitrogen and oxygen atoms in total. The summed E-state index contributed by atoms with van der Waals surface area (Å²) in [6, 6.07) is 14.8. The summed E-state index contributed by atoms with van der Waals surface area (Å²) in [5, 5.41) is 10.9. The van der Waals surface area contributed by atoms with Crippen molar-refractivity contribution in [2.45, 2.75) is 36.3 Å². The number of hydrogen-bond donors (Lipinski definition) is 0. The van der Waals surface area contributed by atoms with Crippen molar-refractivity contribution in [1.82, 2.24) is 19.7 Å². The van der Waals surface area contributed by atoms with Gasteiger partial charge in [-0.05, 0) is 42.7 Å². The van der Waals surface area contributed by atoms with Crippen LogP contribution in [0.15, 0.2) is 66.3 Å². The highest BCUT2D eigenvalue weighted by Crippen LogP contribution is 2.35. The van der Waals surface area contributed by atoms with Crippen molar-refractivity contribution in [2.75, 3.05) is 6.54 Å². The quantitative estimate of drug-likeness (QED) is 0.310. The molecule has 0 N–H and O–H groups in total. The molecule has 1 amide bonds. The van der Waals surface area contributed by atoms with E-state index in [9.17, 15) is 4.79 Å². The molecule has 4 rings (SSSR count). The molecule has 8 heteroatoms. The third kappa shape index (κ3) is 4.81. The molecule has 2 aromatic carbocycles. The van der Waals surface area contributed by atoms with Gasteiger partial charge in [-0.15, -0.1) is 16.8 Å². The van der Waals surface area contributed by atoms with Crippen molar-refractivity contribution in [1.29, 1.82) is 0 Å². The molecule has 1 aliphatic heterocycles. The number of likely N-dealkylation sites (tertiary alicyclic amines) is 1. The van der Waals surface area contributed by atoms with E-state index < -0.39 is 0 Å². The van der Waals surface area contributed by atoms with Gasteiger partial charge in [-0.25, -0.2) is 0 Å². The average Bonchev–Trinajstić information content (AvgIpc) is 3.40. The lowest BCUT2D eigenvalue weighted by atomic mass is 10.1. The van der Waals surface area contributed by atoms with Crippen molar-refractivity contribution in [3.63, 3.8) is 0 Å². The van der Waals surface area contributed by atoms with Gasteiger partial charge in [0.05, 0.1) is 16.6 Å². The summed E-state index contributed by atoms with van der Waals surface area (Å²) < 4.78 is 2.05. The van der Waals surface area contributed by atoms with E-state index in [2.05, 4.69) is 21.3 Å². The van der Waals surface area contributed by atoms with Crippen LogP contribution in [0.3, 0.4) is 0 Å². The summed E-state index contributed by atoms with van der Waals surface area (Å²) in [5.74, 6) is 1.47. The predicted octanol–water partition coefficient (Wildman–Crippen LogP) is 6.04. The lowest BCUT2D eigenvalue weighted by Crippen LogP contribution is -2.32. The fraction of sp³-hybridized carbons (Fsp3) is 0.261. The minimum absolute atomic E-state index is 0.0726. The van der Waals surface area contributed by atoms with Crippen LogP contribution >= 0.6 is 35.0 Å². The van der Waals surface area contributed by atoms with Crippen LogP contribution in [0.1, 0.15) is 40.6 Å². The summed E-state index contributed by atoms with van der Waals surface area (Å²) in [6.07, 6.45) is 3.58. The highest BCUT2D eigenvalue weighted by molar-refractivity contribution is 7.98. The molecule has 3 aromatic rings. The van der Waals surface area contributed by atoms with Gasteiger partial charge in [-0.1, -0.05) is 65.3 Å². The Balaban J connectivity index is 1.58. The van der Waals surface area contributed by atoms with Crippen LogP contribution < -0.4 is 0 Å². The van der Waals surface area contributed by atoms with Gasteiger partial charge < -0.3 is 9.47 Å². The minimum atomic E-state index is -0.138. The molecule has 1 saturated heterocycles. The first-order chi connectivity index (χ1) is 15.1. The van der Waals surface area contributed by atoms with Crippen LogP contribution in [-0.4, -0.2) is 32.1 Å². The summed E-state index contributed by atoms with van der Waals surface area (Å²) >= 11 is 13.9. The smallest absolute Gasteiger partial charge is 0.255 e. The zero-order valence-corrected chi connectivity index (χ0v) is 19.2. The monoisotopic (exact) mass is 472 g/mol. The molecular weight excluding hydrogens is 451 g/mol. The Kier molecular flexibility index (Phi) is 7.00. The van der Waals surface area contributed by atoms with Crippen LogP contribution in [-0.2, 0) is 12.3 Å². The number of aromatic nitrogens is 3. The first-order valence-corrected chi connectivity index (χ1v) is 11.8. The fourth-order valence-corrected chi connectivity index (χ4v) is 5.00. The van der Waals surface area contributed by atoms with E-state index in [1.165, 1.54) is 0 Å². The second-order valence-corrected chi connectivity index (χ2v) is 9.08. The maximum Gasteiger partial charge on any atom is 0.255 e. The zero-order chi connectivity index (χ0) is 21.8. The fourth-order valence-electron chi connectivity index (χ4n) is 3.75. The number of rotatable bonds is 7. The van der Waals surface area contributed by atoms with E-state index in [1.54, 1.807) is 23.9 Å². The van der Waals surface area contributed by atoms with Crippen molar-refractivity contribution in [3.05, 3.63) is 88.2 Å². The number of carbonyl (C=O) groups excluding carboxylic acids is 1. The minimum Gasteiger partial charge on any atom is -0.328 e. The molecule has 1 aliphatic rings. The van der Waals surface area contributed by atoms with Crippen molar-refractivity contribution < 1.29 is 4.79 Å². The first-order valence-electron chi connectivity index (χ1n) is 10.0. The molecule has 160 valence electrons. The molecule has 0 bridgehead atoms. The number of benzene rings is 2. The van der Waals surface area contributed by atoms with Crippen LogP contribution in [0.4, 0.5) is 0 Å². The Morgan fingerprint density at radius 3 is 2.68 bits per heavy atom. The number of amides is 1. The Morgan fingerprint density at radius 2 is 1.94 bits per heavy atom. The van der Waals surface area contributed by atoms with E-state index in [-0.39, 0.29) is 11.9 Å². The summed E-state index contributed by atoms with van der Waals surface area (Å²) in [5.41, 5.74) is 1.67.